The number of thiophene rings is 1. The molecular weight excluding hydrogens is 251 g/mol. The molecule has 96 valence electrons. The van der Waals surface area contributed by atoms with Crippen molar-refractivity contribution in [3.8, 4) is 5.75 Å². The summed E-state index contributed by atoms with van der Waals surface area (Å²) < 4.78 is 18.4. The fourth-order valence-corrected chi connectivity index (χ4v) is 2.87. The van der Waals surface area contributed by atoms with Gasteiger partial charge in [0.25, 0.3) is 0 Å². The summed E-state index contributed by atoms with van der Waals surface area (Å²) in [5, 5.41) is 2.01. The van der Waals surface area contributed by atoms with Gasteiger partial charge in [-0.25, -0.2) is 9.82 Å². The Kier molecular flexibility index (Phi) is 3.96. The molecule has 0 aliphatic heterocycles. The van der Waals surface area contributed by atoms with Gasteiger partial charge in [0, 0.05) is 4.88 Å². The quantitative estimate of drug-likeness (QED) is 0.661. The van der Waals surface area contributed by atoms with E-state index in [1.165, 1.54) is 13.2 Å². The van der Waals surface area contributed by atoms with Gasteiger partial charge in [-0.05, 0) is 41.6 Å². The highest BCUT2D eigenvalue weighted by Crippen LogP contribution is 2.31. The second kappa shape index (κ2) is 5.48. The Morgan fingerprint density at radius 2 is 2.17 bits per heavy atom. The highest BCUT2D eigenvalue weighted by atomic mass is 32.1. The number of hydrogen-bond donors (Lipinski definition) is 2. The molecule has 3 nitrogen and oxygen atoms in total. The lowest BCUT2D eigenvalue weighted by Crippen LogP contribution is -2.28. The first-order valence-electron chi connectivity index (χ1n) is 5.51. The normalized spacial score (nSPS) is 12.4. The fraction of sp³-hybridized carbons (Fsp3) is 0.231. The smallest absolute Gasteiger partial charge is 0.165 e. The zero-order valence-corrected chi connectivity index (χ0v) is 11.1. The molecule has 1 atom stereocenters. The van der Waals surface area contributed by atoms with E-state index in [-0.39, 0.29) is 17.6 Å². The number of hydrogen-bond acceptors (Lipinski definition) is 4. The molecule has 1 aromatic carbocycles. The summed E-state index contributed by atoms with van der Waals surface area (Å²) in [7, 11) is 1.45. The number of halogens is 1. The average Bonchev–Trinajstić information content (AvgIpc) is 2.79. The number of methoxy groups -OCH3 is 1. The second-order valence-electron chi connectivity index (χ2n) is 3.96. The molecule has 0 spiro atoms. The van der Waals surface area contributed by atoms with Crippen molar-refractivity contribution in [1.29, 1.82) is 0 Å². The Hall–Kier alpha value is -1.43. The fourth-order valence-electron chi connectivity index (χ4n) is 1.86. The van der Waals surface area contributed by atoms with Crippen molar-refractivity contribution in [2.24, 2.45) is 5.84 Å². The Morgan fingerprint density at radius 3 is 2.72 bits per heavy atom. The highest BCUT2D eigenvalue weighted by molar-refractivity contribution is 7.10. The van der Waals surface area contributed by atoms with Crippen molar-refractivity contribution >= 4 is 11.3 Å². The van der Waals surface area contributed by atoms with Gasteiger partial charge in [0.05, 0.1) is 13.2 Å². The van der Waals surface area contributed by atoms with Gasteiger partial charge in [-0.3, -0.25) is 5.84 Å². The molecule has 5 heteroatoms. The molecule has 0 bridgehead atoms. The van der Waals surface area contributed by atoms with Gasteiger partial charge in [0.2, 0.25) is 0 Å². The topological polar surface area (TPSA) is 47.3 Å². The standard InChI is InChI=1S/C13H15FN2OS/c1-8-5-6-18-13(8)12(16-15)9-3-4-10(14)11(7-9)17-2/h3-7,12,16H,15H2,1-2H3. The largest absolute Gasteiger partial charge is 0.494 e. The molecule has 0 saturated heterocycles. The Morgan fingerprint density at radius 1 is 1.39 bits per heavy atom. The maximum Gasteiger partial charge on any atom is 0.165 e. The summed E-state index contributed by atoms with van der Waals surface area (Å²) in [6.45, 7) is 2.02. The lowest BCUT2D eigenvalue weighted by atomic mass is 10.0. The molecule has 2 aromatic rings. The molecule has 1 heterocycles. The predicted molar refractivity (Wildman–Crippen MR) is 71.2 cm³/mol. The van der Waals surface area contributed by atoms with Gasteiger partial charge in [-0.1, -0.05) is 6.07 Å². The third-order valence-electron chi connectivity index (χ3n) is 2.84. The van der Waals surface area contributed by atoms with E-state index in [0.717, 1.165) is 16.0 Å². The maximum atomic E-state index is 13.4. The summed E-state index contributed by atoms with van der Waals surface area (Å²) in [6, 6.07) is 6.65. The number of benzene rings is 1. The van der Waals surface area contributed by atoms with Crippen molar-refractivity contribution in [3.63, 3.8) is 0 Å². The minimum Gasteiger partial charge on any atom is -0.494 e. The SMILES string of the molecule is COc1cc(C(NN)c2sccc2C)ccc1F. The van der Waals surface area contributed by atoms with E-state index in [9.17, 15) is 4.39 Å². The third kappa shape index (κ3) is 2.38. The number of nitrogens with two attached hydrogens (primary N) is 1. The lowest BCUT2D eigenvalue weighted by Gasteiger charge is -2.17. The lowest BCUT2D eigenvalue weighted by molar-refractivity contribution is 0.385. The summed E-state index contributed by atoms with van der Waals surface area (Å²) in [4.78, 5) is 1.12. The van der Waals surface area contributed by atoms with Gasteiger partial charge in [-0.2, -0.15) is 0 Å². The van der Waals surface area contributed by atoms with Crippen molar-refractivity contribution in [3.05, 3.63) is 51.5 Å². The first-order valence-corrected chi connectivity index (χ1v) is 6.39. The number of aryl methyl sites for hydroxylation is 1. The molecule has 18 heavy (non-hydrogen) atoms. The van der Waals surface area contributed by atoms with E-state index in [1.807, 2.05) is 18.4 Å². The molecule has 0 aliphatic carbocycles. The molecular formula is C13H15FN2OS. The van der Waals surface area contributed by atoms with Crippen LogP contribution in [0.2, 0.25) is 0 Å². The van der Waals surface area contributed by atoms with Crippen LogP contribution in [0.5, 0.6) is 5.75 Å². The predicted octanol–water partition coefficient (Wildman–Crippen LogP) is 2.76. The molecule has 0 saturated carbocycles. The van der Waals surface area contributed by atoms with Crippen molar-refractivity contribution < 1.29 is 9.13 Å². The van der Waals surface area contributed by atoms with Crippen LogP contribution in [-0.4, -0.2) is 7.11 Å². The van der Waals surface area contributed by atoms with Gasteiger partial charge < -0.3 is 4.74 Å². The summed E-state index contributed by atoms with van der Waals surface area (Å²) in [5.74, 6) is 5.47. The van der Waals surface area contributed by atoms with E-state index in [1.54, 1.807) is 23.5 Å². The highest BCUT2D eigenvalue weighted by Gasteiger charge is 2.17. The van der Waals surface area contributed by atoms with E-state index in [2.05, 4.69) is 5.43 Å². The van der Waals surface area contributed by atoms with Crippen molar-refractivity contribution in [1.82, 2.24) is 5.43 Å². The number of nitrogens with one attached hydrogen (secondary N) is 1. The van der Waals surface area contributed by atoms with Crippen LogP contribution < -0.4 is 16.0 Å². The number of ether oxygens (including phenoxy) is 1. The monoisotopic (exact) mass is 266 g/mol. The molecule has 1 unspecified atom stereocenters. The molecule has 1 aromatic heterocycles. The van der Waals surface area contributed by atoms with Gasteiger partial charge >= 0.3 is 0 Å². The molecule has 0 fully saturated rings. The van der Waals surface area contributed by atoms with E-state index >= 15 is 0 Å². The second-order valence-corrected chi connectivity index (χ2v) is 4.91. The number of hydrazine groups is 1. The van der Waals surface area contributed by atoms with E-state index < -0.39 is 0 Å². The summed E-state index contributed by atoms with van der Waals surface area (Å²) in [6.07, 6.45) is 0. The average molecular weight is 266 g/mol. The minimum atomic E-state index is -0.375. The first kappa shape index (κ1) is 13.0. The van der Waals surface area contributed by atoms with Crippen LogP contribution in [0, 0.1) is 12.7 Å². The summed E-state index contributed by atoms with van der Waals surface area (Å²) >= 11 is 1.62. The maximum absolute atomic E-state index is 13.4. The van der Waals surface area contributed by atoms with Crippen LogP contribution in [-0.2, 0) is 0 Å². The Balaban J connectivity index is 2.42. The molecule has 3 N–H and O–H groups in total. The summed E-state index contributed by atoms with van der Waals surface area (Å²) in [5.41, 5.74) is 4.80. The van der Waals surface area contributed by atoms with Crippen molar-refractivity contribution in [2.45, 2.75) is 13.0 Å². The first-order chi connectivity index (χ1) is 8.67. The molecule has 0 radical (unpaired) electrons. The third-order valence-corrected chi connectivity index (χ3v) is 3.92. The van der Waals surface area contributed by atoms with Crippen LogP contribution in [0.3, 0.4) is 0 Å². The van der Waals surface area contributed by atoms with Crippen LogP contribution in [0.25, 0.3) is 0 Å². The zero-order valence-electron chi connectivity index (χ0n) is 10.2. The van der Waals surface area contributed by atoms with E-state index in [4.69, 9.17) is 10.6 Å². The van der Waals surface area contributed by atoms with Gasteiger partial charge in [0.1, 0.15) is 0 Å². The van der Waals surface area contributed by atoms with Gasteiger partial charge in [-0.15, -0.1) is 11.3 Å². The van der Waals surface area contributed by atoms with Gasteiger partial charge in [0.15, 0.2) is 11.6 Å². The molecule has 0 aliphatic rings. The van der Waals surface area contributed by atoms with Crippen LogP contribution in [0.4, 0.5) is 4.39 Å². The minimum absolute atomic E-state index is 0.153. The van der Waals surface area contributed by atoms with E-state index in [0.29, 0.717) is 0 Å². The molecule has 2 rings (SSSR count). The van der Waals surface area contributed by atoms with Crippen LogP contribution >= 0.6 is 11.3 Å². The van der Waals surface area contributed by atoms with Crippen molar-refractivity contribution in [2.75, 3.05) is 7.11 Å². The molecule has 0 amide bonds. The Bertz CT molecular complexity index is 542. The Labute approximate surface area is 109 Å². The zero-order chi connectivity index (χ0) is 13.1. The van der Waals surface area contributed by atoms with Crippen LogP contribution in [0.15, 0.2) is 29.6 Å². The van der Waals surface area contributed by atoms with Crippen LogP contribution in [0.1, 0.15) is 22.0 Å². The number of rotatable bonds is 4.